The molecule has 1 N–H and O–H groups in total. The molecular formula is C11H10FN3O2. The molecule has 1 heterocycles. The van der Waals surface area contributed by atoms with Gasteiger partial charge in [-0.3, -0.25) is 4.98 Å². The van der Waals surface area contributed by atoms with Crippen molar-refractivity contribution in [2.45, 2.75) is 6.92 Å². The second-order valence-corrected chi connectivity index (χ2v) is 3.47. The molecule has 88 valence electrons. The number of hydrogen-bond donors (Lipinski definition) is 1. The maximum Gasteiger partial charge on any atom is 0.351 e. The Hall–Kier alpha value is -2.24. The number of methoxy groups -OCH3 is 1. The van der Waals surface area contributed by atoms with Crippen LogP contribution in [-0.2, 0) is 0 Å². The van der Waals surface area contributed by atoms with Crippen molar-refractivity contribution in [3.05, 3.63) is 40.1 Å². The van der Waals surface area contributed by atoms with E-state index in [-0.39, 0.29) is 17.4 Å². The Bertz CT molecular complexity index is 610. The summed E-state index contributed by atoms with van der Waals surface area (Å²) in [6, 6.07) is 4.45. The van der Waals surface area contributed by atoms with Crippen molar-refractivity contribution in [3.63, 3.8) is 0 Å². The first-order chi connectivity index (χ1) is 8.10. The van der Waals surface area contributed by atoms with E-state index in [0.717, 1.165) is 5.56 Å². The maximum absolute atomic E-state index is 13.6. The zero-order valence-electron chi connectivity index (χ0n) is 9.32. The number of rotatable bonds is 2. The number of aromatic nitrogens is 3. The van der Waals surface area contributed by atoms with Crippen LogP contribution in [0.2, 0.25) is 0 Å². The average Bonchev–Trinajstić information content (AvgIpc) is 2.31. The summed E-state index contributed by atoms with van der Waals surface area (Å²) in [6.07, 6.45) is 0. The maximum atomic E-state index is 13.6. The van der Waals surface area contributed by atoms with E-state index in [9.17, 15) is 9.18 Å². The molecule has 0 unspecified atom stereocenters. The fourth-order valence-corrected chi connectivity index (χ4v) is 1.40. The minimum atomic E-state index is -0.632. The minimum absolute atomic E-state index is 0.0929. The van der Waals surface area contributed by atoms with Gasteiger partial charge in [0.1, 0.15) is 11.6 Å². The third-order valence-electron chi connectivity index (χ3n) is 2.19. The van der Waals surface area contributed by atoms with Crippen LogP contribution in [0.1, 0.15) is 5.56 Å². The molecule has 17 heavy (non-hydrogen) atoms. The van der Waals surface area contributed by atoms with Gasteiger partial charge < -0.3 is 4.74 Å². The molecule has 6 heteroatoms. The number of halogens is 1. The quantitative estimate of drug-likeness (QED) is 0.851. The number of aromatic amines is 1. The highest BCUT2D eigenvalue weighted by Crippen LogP contribution is 2.20. The molecule has 0 amide bonds. The van der Waals surface area contributed by atoms with Gasteiger partial charge in [0.05, 0.1) is 12.7 Å². The lowest BCUT2D eigenvalue weighted by atomic mass is 10.1. The fraction of sp³-hybridized carbons (Fsp3) is 0.182. The van der Waals surface area contributed by atoms with Gasteiger partial charge in [0.25, 0.3) is 0 Å². The van der Waals surface area contributed by atoms with Crippen molar-refractivity contribution in [1.29, 1.82) is 0 Å². The van der Waals surface area contributed by atoms with Gasteiger partial charge in [-0.1, -0.05) is 11.6 Å². The number of hydrogen-bond acceptors (Lipinski definition) is 4. The summed E-state index contributed by atoms with van der Waals surface area (Å²) >= 11 is 0. The van der Waals surface area contributed by atoms with Crippen LogP contribution in [0, 0.1) is 12.7 Å². The van der Waals surface area contributed by atoms with Crippen LogP contribution in [-0.4, -0.2) is 22.1 Å². The van der Waals surface area contributed by atoms with Gasteiger partial charge in [-0.15, -0.1) is 4.98 Å². The molecule has 0 aliphatic carbocycles. The number of H-pyrrole nitrogens is 1. The Labute approximate surface area is 96.3 Å². The molecule has 1 aromatic heterocycles. The third kappa shape index (κ3) is 2.30. The number of nitrogens with one attached hydrogen (secondary N) is 1. The average molecular weight is 235 g/mol. The van der Waals surface area contributed by atoms with E-state index in [0.29, 0.717) is 0 Å². The predicted molar refractivity (Wildman–Crippen MR) is 59.3 cm³/mol. The Morgan fingerprint density at radius 2 is 2.12 bits per heavy atom. The first kappa shape index (κ1) is 11.3. The molecule has 0 radical (unpaired) electrons. The van der Waals surface area contributed by atoms with Crippen molar-refractivity contribution >= 4 is 0 Å². The van der Waals surface area contributed by atoms with E-state index >= 15 is 0 Å². The van der Waals surface area contributed by atoms with Crippen molar-refractivity contribution in [2.24, 2.45) is 0 Å². The first-order valence-corrected chi connectivity index (χ1v) is 4.89. The third-order valence-corrected chi connectivity index (χ3v) is 2.19. The highest BCUT2D eigenvalue weighted by molar-refractivity contribution is 5.56. The van der Waals surface area contributed by atoms with E-state index in [2.05, 4.69) is 15.0 Å². The molecule has 0 atom stereocenters. The van der Waals surface area contributed by atoms with E-state index < -0.39 is 11.5 Å². The molecule has 0 saturated heterocycles. The number of benzene rings is 1. The lowest BCUT2D eigenvalue weighted by Gasteiger charge is -2.04. The summed E-state index contributed by atoms with van der Waals surface area (Å²) in [7, 11) is 1.34. The minimum Gasteiger partial charge on any atom is -0.467 e. The lowest BCUT2D eigenvalue weighted by molar-refractivity contribution is 0.376. The highest BCUT2D eigenvalue weighted by Gasteiger charge is 2.10. The topological polar surface area (TPSA) is 67.9 Å². The molecule has 5 nitrogen and oxygen atoms in total. The zero-order chi connectivity index (χ0) is 12.4. The van der Waals surface area contributed by atoms with Crippen molar-refractivity contribution < 1.29 is 9.13 Å². The van der Waals surface area contributed by atoms with Crippen LogP contribution in [0.15, 0.2) is 23.0 Å². The highest BCUT2D eigenvalue weighted by atomic mass is 19.1. The summed E-state index contributed by atoms with van der Waals surface area (Å²) in [5.41, 5.74) is 0.440. The van der Waals surface area contributed by atoms with E-state index in [1.165, 1.54) is 13.2 Å². The normalized spacial score (nSPS) is 10.3. The number of nitrogens with zero attached hydrogens (tertiary/aromatic N) is 2. The number of aryl methyl sites for hydroxylation is 1. The van der Waals surface area contributed by atoms with Crippen LogP contribution < -0.4 is 10.4 Å². The van der Waals surface area contributed by atoms with E-state index in [4.69, 9.17) is 4.74 Å². The second-order valence-electron chi connectivity index (χ2n) is 3.47. The Morgan fingerprint density at radius 1 is 1.35 bits per heavy atom. The summed E-state index contributed by atoms with van der Waals surface area (Å²) in [6.45, 7) is 1.82. The summed E-state index contributed by atoms with van der Waals surface area (Å²) in [5, 5.41) is 0. The first-order valence-electron chi connectivity index (χ1n) is 4.89. The van der Waals surface area contributed by atoms with Crippen molar-refractivity contribution in [3.8, 4) is 17.4 Å². The van der Waals surface area contributed by atoms with Crippen molar-refractivity contribution in [2.75, 3.05) is 7.11 Å². The predicted octanol–water partition coefficient (Wildman–Crippen LogP) is 1.29. The second kappa shape index (κ2) is 4.32. The molecule has 2 rings (SSSR count). The smallest absolute Gasteiger partial charge is 0.351 e. The largest absolute Gasteiger partial charge is 0.467 e. The van der Waals surface area contributed by atoms with E-state index in [1.807, 2.05) is 6.92 Å². The molecule has 0 spiro atoms. The molecule has 2 aromatic rings. The van der Waals surface area contributed by atoms with Gasteiger partial charge in [-0.2, -0.15) is 4.98 Å². The van der Waals surface area contributed by atoms with Gasteiger partial charge in [0.15, 0.2) is 0 Å². The zero-order valence-corrected chi connectivity index (χ0v) is 9.32. The van der Waals surface area contributed by atoms with E-state index in [1.54, 1.807) is 12.1 Å². The van der Waals surface area contributed by atoms with Gasteiger partial charge >= 0.3 is 11.7 Å². The molecule has 0 saturated carbocycles. The Balaban J connectivity index is 2.63. The monoisotopic (exact) mass is 235 g/mol. The summed E-state index contributed by atoms with van der Waals surface area (Å²) < 4.78 is 18.4. The van der Waals surface area contributed by atoms with Gasteiger partial charge in [0, 0.05) is 0 Å². The Morgan fingerprint density at radius 3 is 2.82 bits per heavy atom. The van der Waals surface area contributed by atoms with Gasteiger partial charge in [-0.05, 0) is 19.1 Å². The molecule has 0 bridgehead atoms. The molecular weight excluding hydrogens is 225 g/mol. The summed E-state index contributed by atoms with van der Waals surface area (Å²) in [4.78, 5) is 21.0. The molecule has 0 fully saturated rings. The van der Waals surface area contributed by atoms with Crippen LogP contribution in [0.5, 0.6) is 6.01 Å². The van der Waals surface area contributed by atoms with Crippen molar-refractivity contribution in [1.82, 2.24) is 15.0 Å². The van der Waals surface area contributed by atoms with Crippen LogP contribution in [0.25, 0.3) is 11.4 Å². The van der Waals surface area contributed by atoms with Crippen LogP contribution in [0.3, 0.4) is 0 Å². The fourth-order valence-electron chi connectivity index (χ4n) is 1.40. The molecule has 0 aliphatic rings. The van der Waals surface area contributed by atoms with Gasteiger partial charge in [-0.25, -0.2) is 9.18 Å². The van der Waals surface area contributed by atoms with Crippen LogP contribution >= 0.6 is 0 Å². The summed E-state index contributed by atoms with van der Waals surface area (Å²) in [5.74, 6) is -0.366. The number of ether oxygens (including phenoxy) is 1. The van der Waals surface area contributed by atoms with Crippen LogP contribution in [0.4, 0.5) is 4.39 Å². The standard InChI is InChI=1S/C11H10FN3O2/c1-6-3-4-8(12)7(5-6)9-13-10(16)15-11(14-9)17-2/h3-5H,1-2H3,(H,13,14,15,16). The molecule has 1 aromatic carbocycles. The SMILES string of the molecule is COc1nc(-c2cc(C)ccc2F)[nH]c(=O)n1. The lowest BCUT2D eigenvalue weighted by Crippen LogP contribution is -2.14. The van der Waals surface area contributed by atoms with Gasteiger partial charge in [0.2, 0.25) is 0 Å². The Kier molecular flexibility index (Phi) is 2.86. The molecule has 0 aliphatic heterocycles.